The standard InChI is InChI=1S/C27H23ClN2O4S/c1-15-10-12-35-26(15)23-22(24(31)16-7-8-19(28)21(13-16)34-2)25(32)27(33)30(23)11-9-17-14-29-20-6-4-3-5-18(17)20/h3-8,10,12-14,23,29,31H,9,11H2,1-2H3/b24-22-. The first-order chi connectivity index (χ1) is 16.9. The number of nitrogens with one attached hydrogen (secondary N) is 1. The Labute approximate surface area is 211 Å². The fourth-order valence-electron chi connectivity index (χ4n) is 4.59. The zero-order valence-corrected chi connectivity index (χ0v) is 20.7. The Bertz CT molecular complexity index is 1490. The number of halogens is 1. The van der Waals surface area contributed by atoms with E-state index in [9.17, 15) is 14.7 Å². The third-order valence-electron chi connectivity index (χ3n) is 6.41. The number of H-pyrrole nitrogens is 1. The summed E-state index contributed by atoms with van der Waals surface area (Å²) in [5, 5.41) is 14.7. The molecule has 35 heavy (non-hydrogen) atoms. The van der Waals surface area contributed by atoms with Gasteiger partial charge in [0.15, 0.2) is 0 Å². The number of amides is 1. The molecule has 5 rings (SSSR count). The number of hydrogen-bond donors (Lipinski definition) is 2. The van der Waals surface area contributed by atoms with E-state index in [0.717, 1.165) is 26.9 Å². The highest BCUT2D eigenvalue weighted by molar-refractivity contribution is 7.10. The van der Waals surface area contributed by atoms with Gasteiger partial charge in [0.1, 0.15) is 11.5 Å². The molecule has 4 aromatic rings. The molecule has 1 aliphatic heterocycles. The van der Waals surface area contributed by atoms with Crippen molar-refractivity contribution >= 4 is 51.3 Å². The van der Waals surface area contributed by atoms with E-state index in [1.807, 2.05) is 48.8 Å². The molecule has 2 aromatic heterocycles. The number of nitrogens with zero attached hydrogens (tertiary/aromatic N) is 1. The summed E-state index contributed by atoms with van der Waals surface area (Å²) in [5.41, 5.74) is 3.47. The molecule has 0 spiro atoms. The molecular weight excluding hydrogens is 484 g/mol. The average molecular weight is 507 g/mol. The topological polar surface area (TPSA) is 82.6 Å². The minimum Gasteiger partial charge on any atom is -0.507 e. The van der Waals surface area contributed by atoms with E-state index in [1.54, 1.807) is 23.1 Å². The molecule has 0 saturated carbocycles. The minimum atomic E-state index is -0.701. The molecule has 1 saturated heterocycles. The van der Waals surface area contributed by atoms with E-state index in [0.29, 0.717) is 29.3 Å². The Balaban J connectivity index is 1.57. The van der Waals surface area contributed by atoms with Gasteiger partial charge in [0.25, 0.3) is 11.7 Å². The van der Waals surface area contributed by atoms with Crippen LogP contribution in [0.1, 0.15) is 27.6 Å². The highest BCUT2D eigenvalue weighted by Crippen LogP contribution is 2.43. The van der Waals surface area contributed by atoms with Gasteiger partial charge >= 0.3 is 0 Å². The van der Waals surface area contributed by atoms with Crippen molar-refractivity contribution in [2.45, 2.75) is 19.4 Å². The number of carbonyl (C=O) groups excluding carboxylic acids is 2. The van der Waals surface area contributed by atoms with Crippen molar-refractivity contribution in [2.75, 3.05) is 13.7 Å². The SMILES string of the molecule is COc1cc(/C(O)=C2/C(=O)C(=O)N(CCc3c[nH]c4ccccc34)C2c2sccc2C)ccc1Cl. The van der Waals surface area contributed by atoms with Gasteiger partial charge in [-0.3, -0.25) is 9.59 Å². The number of Topliss-reactive ketones (excluding diaryl/α,β-unsaturated/α-hetero) is 1. The number of aryl methyl sites for hydroxylation is 1. The molecule has 1 unspecified atom stereocenters. The maximum atomic E-state index is 13.3. The summed E-state index contributed by atoms with van der Waals surface area (Å²) in [6.07, 6.45) is 2.50. The fourth-order valence-corrected chi connectivity index (χ4v) is 5.83. The van der Waals surface area contributed by atoms with Crippen molar-refractivity contribution in [3.05, 3.63) is 92.3 Å². The van der Waals surface area contributed by atoms with Gasteiger partial charge < -0.3 is 19.7 Å². The number of ether oxygens (including phenoxy) is 1. The number of hydrogen-bond acceptors (Lipinski definition) is 5. The van der Waals surface area contributed by atoms with Gasteiger partial charge in [0.2, 0.25) is 0 Å². The molecule has 1 fully saturated rings. The first-order valence-electron chi connectivity index (χ1n) is 11.1. The molecule has 1 atom stereocenters. The lowest BCUT2D eigenvalue weighted by molar-refractivity contribution is -0.139. The van der Waals surface area contributed by atoms with Gasteiger partial charge in [-0.05, 0) is 60.2 Å². The lowest BCUT2D eigenvalue weighted by atomic mass is 9.98. The number of ketones is 1. The highest BCUT2D eigenvalue weighted by atomic mass is 35.5. The second kappa shape index (κ2) is 9.24. The lowest BCUT2D eigenvalue weighted by Crippen LogP contribution is -2.31. The Hall–Kier alpha value is -3.55. The zero-order chi connectivity index (χ0) is 24.7. The maximum Gasteiger partial charge on any atom is 0.295 e. The number of aromatic nitrogens is 1. The van der Waals surface area contributed by atoms with Crippen molar-refractivity contribution in [3.63, 3.8) is 0 Å². The van der Waals surface area contributed by atoms with Crippen molar-refractivity contribution in [3.8, 4) is 5.75 Å². The summed E-state index contributed by atoms with van der Waals surface area (Å²) in [6.45, 7) is 2.27. The van der Waals surface area contributed by atoms with E-state index >= 15 is 0 Å². The number of likely N-dealkylation sites (tertiary alicyclic amines) is 1. The van der Waals surface area contributed by atoms with Gasteiger partial charge in [0, 0.05) is 34.1 Å². The quantitative estimate of drug-likeness (QED) is 0.195. The van der Waals surface area contributed by atoms with Crippen LogP contribution in [0.3, 0.4) is 0 Å². The second-order valence-electron chi connectivity index (χ2n) is 8.42. The van der Waals surface area contributed by atoms with Gasteiger partial charge in [-0.25, -0.2) is 0 Å². The van der Waals surface area contributed by atoms with E-state index in [4.69, 9.17) is 16.3 Å². The molecule has 3 heterocycles. The Morgan fingerprint density at radius 1 is 1.20 bits per heavy atom. The van der Waals surface area contributed by atoms with Crippen LogP contribution >= 0.6 is 22.9 Å². The van der Waals surface area contributed by atoms with Gasteiger partial charge in [-0.15, -0.1) is 11.3 Å². The molecular formula is C27H23ClN2O4S. The second-order valence-corrected chi connectivity index (χ2v) is 9.77. The molecule has 0 bridgehead atoms. The third kappa shape index (κ3) is 4.00. The largest absolute Gasteiger partial charge is 0.507 e. The Morgan fingerprint density at radius 3 is 2.74 bits per heavy atom. The molecule has 2 N–H and O–H groups in total. The number of aliphatic hydroxyl groups is 1. The normalized spacial score (nSPS) is 17.5. The summed E-state index contributed by atoms with van der Waals surface area (Å²) in [6, 6.07) is 14.0. The number of thiophene rings is 1. The number of fused-ring (bicyclic) bond motifs is 1. The number of benzene rings is 2. The lowest BCUT2D eigenvalue weighted by Gasteiger charge is -2.25. The van der Waals surface area contributed by atoms with Crippen molar-refractivity contribution in [2.24, 2.45) is 0 Å². The highest BCUT2D eigenvalue weighted by Gasteiger charge is 2.46. The molecule has 2 aromatic carbocycles. The minimum absolute atomic E-state index is 0.0730. The molecule has 6 nitrogen and oxygen atoms in total. The summed E-state index contributed by atoms with van der Waals surface area (Å²) in [4.78, 5) is 32.2. The first kappa shape index (κ1) is 23.2. The van der Waals surface area contributed by atoms with Crippen LogP contribution in [0.25, 0.3) is 16.7 Å². The number of aliphatic hydroxyl groups excluding tert-OH is 1. The molecule has 1 amide bonds. The van der Waals surface area contributed by atoms with E-state index in [-0.39, 0.29) is 11.3 Å². The van der Waals surface area contributed by atoms with Crippen molar-refractivity contribution in [1.29, 1.82) is 0 Å². The van der Waals surface area contributed by atoms with Crippen LogP contribution in [0.4, 0.5) is 0 Å². The van der Waals surface area contributed by atoms with E-state index < -0.39 is 17.7 Å². The van der Waals surface area contributed by atoms with Crippen LogP contribution in [0.15, 0.2) is 65.7 Å². The van der Waals surface area contributed by atoms with E-state index in [1.165, 1.54) is 18.4 Å². The van der Waals surface area contributed by atoms with Gasteiger partial charge in [-0.1, -0.05) is 29.8 Å². The first-order valence-corrected chi connectivity index (χ1v) is 12.4. The van der Waals surface area contributed by atoms with Crippen LogP contribution in [0, 0.1) is 6.92 Å². The fraction of sp³-hybridized carbons (Fsp3) is 0.185. The number of carbonyl (C=O) groups is 2. The number of para-hydroxylation sites is 1. The molecule has 0 radical (unpaired) electrons. The van der Waals surface area contributed by atoms with Gasteiger partial charge in [-0.2, -0.15) is 0 Å². The van der Waals surface area contributed by atoms with Crippen molar-refractivity contribution in [1.82, 2.24) is 9.88 Å². The van der Waals surface area contributed by atoms with Crippen molar-refractivity contribution < 1.29 is 19.4 Å². The summed E-state index contributed by atoms with van der Waals surface area (Å²) in [7, 11) is 1.48. The molecule has 178 valence electrons. The van der Waals surface area contributed by atoms with Crippen LogP contribution in [-0.2, 0) is 16.0 Å². The summed E-state index contributed by atoms with van der Waals surface area (Å²) in [5.74, 6) is -1.20. The van der Waals surface area contributed by atoms with Crippen LogP contribution < -0.4 is 4.74 Å². The summed E-state index contributed by atoms with van der Waals surface area (Å²) < 4.78 is 5.27. The summed E-state index contributed by atoms with van der Waals surface area (Å²) >= 11 is 7.61. The van der Waals surface area contributed by atoms with Crippen LogP contribution in [-0.4, -0.2) is 40.3 Å². The molecule has 0 aliphatic carbocycles. The third-order valence-corrected chi connectivity index (χ3v) is 7.80. The average Bonchev–Trinajstić information content (AvgIpc) is 3.54. The predicted molar refractivity (Wildman–Crippen MR) is 138 cm³/mol. The Morgan fingerprint density at radius 2 is 2.00 bits per heavy atom. The van der Waals surface area contributed by atoms with Crippen LogP contribution in [0.5, 0.6) is 5.75 Å². The Kier molecular flexibility index (Phi) is 6.13. The number of rotatable bonds is 6. The molecule has 1 aliphatic rings. The van der Waals surface area contributed by atoms with Crippen LogP contribution in [0.2, 0.25) is 5.02 Å². The zero-order valence-electron chi connectivity index (χ0n) is 19.2. The number of methoxy groups -OCH3 is 1. The molecule has 8 heteroatoms. The smallest absolute Gasteiger partial charge is 0.295 e. The number of aromatic amines is 1. The predicted octanol–water partition coefficient (Wildman–Crippen LogP) is 5.86. The maximum absolute atomic E-state index is 13.3. The van der Waals surface area contributed by atoms with Gasteiger partial charge in [0.05, 0.1) is 23.7 Å². The monoisotopic (exact) mass is 506 g/mol. The van der Waals surface area contributed by atoms with E-state index in [2.05, 4.69) is 4.98 Å².